The van der Waals surface area contributed by atoms with Crippen molar-refractivity contribution in [1.82, 2.24) is 29.0 Å². The molecule has 3 aromatic heterocycles. The molecular formula is C31H31N9O3. The van der Waals surface area contributed by atoms with E-state index in [1.54, 1.807) is 73.9 Å². The highest BCUT2D eigenvalue weighted by atomic mass is 16.2. The number of fused-ring (bicyclic) bond motifs is 1. The number of pyridine rings is 1. The lowest BCUT2D eigenvalue weighted by molar-refractivity contribution is -0.113. The highest BCUT2D eigenvalue weighted by Gasteiger charge is 2.21. The molecule has 2 amide bonds. The molecule has 5 rings (SSSR count). The Morgan fingerprint density at radius 2 is 1.72 bits per heavy atom. The van der Waals surface area contributed by atoms with Crippen LogP contribution in [0.4, 0.5) is 17.3 Å². The molecule has 5 aromatic rings. The smallest absolute Gasteiger partial charge is 0.339 e. The van der Waals surface area contributed by atoms with Crippen LogP contribution in [0, 0.1) is 6.92 Å². The molecule has 3 heterocycles. The maximum absolute atomic E-state index is 14.0. The van der Waals surface area contributed by atoms with Crippen molar-refractivity contribution in [2.24, 2.45) is 0 Å². The third kappa shape index (κ3) is 6.04. The molecule has 3 N–H and O–H groups in total. The average molecular weight is 578 g/mol. The molecule has 0 radical (unpaired) electrons. The second-order valence-corrected chi connectivity index (χ2v) is 10.2. The van der Waals surface area contributed by atoms with Crippen LogP contribution in [0.5, 0.6) is 0 Å². The Bertz CT molecular complexity index is 1910. The first-order valence-electron chi connectivity index (χ1n) is 13.4. The zero-order valence-electron chi connectivity index (χ0n) is 24.2. The molecule has 0 aliphatic rings. The molecule has 0 unspecified atom stereocenters. The van der Waals surface area contributed by atoms with Crippen LogP contribution in [0.3, 0.4) is 0 Å². The van der Waals surface area contributed by atoms with Crippen LogP contribution < -0.4 is 21.6 Å². The number of imidazole rings is 1. The molecule has 2 aromatic carbocycles. The van der Waals surface area contributed by atoms with E-state index in [0.717, 1.165) is 5.56 Å². The molecule has 0 atom stereocenters. The zero-order chi connectivity index (χ0) is 30.7. The Morgan fingerprint density at radius 1 is 0.953 bits per heavy atom. The number of aryl methyl sites for hydroxylation is 1. The number of nitrogens with one attached hydrogen (secondary N) is 1. The van der Waals surface area contributed by atoms with Gasteiger partial charge in [0.1, 0.15) is 17.7 Å². The summed E-state index contributed by atoms with van der Waals surface area (Å²) in [6.45, 7) is 2.54. The molecule has 0 fully saturated rings. The Kier molecular flexibility index (Phi) is 8.12. The molecule has 0 bridgehead atoms. The van der Waals surface area contributed by atoms with E-state index >= 15 is 0 Å². The first-order valence-corrected chi connectivity index (χ1v) is 13.4. The van der Waals surface area contributed by atoms with Crippen LogP contribution in [0.1, 0.15) is 15.9 Å². The number of carbonyl (C=O) groups is 2. The highest BCUT2D eigenvalue weighted by molar-refractivity contribution is 6.04. The lowest BCUT2D eigenvalue weighted by atomic mass is 10.2. The van der Waals surface area contributed by atoms with Gasteiger partial charge in [0.25, 0.3) is 5.91 Å². The SMILES string of the molecule is Cc1ccnc(NC(=O)c2ccc(-n3c(=O)n(-c4cccc(N(C)C(=O)C=CCN(C)C)c4)c4ncnc(N)c43)cc2)c1. The number of rotatable bonds is 8. The van der Waals surface area contributed by atoms with Crippen LogP contribution in [-0.2, 0) is 4.79 Å². The number of carbonyl (C=O) groups excluding carboxylic acids is 2. The summed E-state index contributed by atoms with van der Waals surface area (Å²) in [5.74, 6) is 0.0112. The van der Waals surface area contributed by atoms with Crippen LogP contribution in [0.15, 0.2) is 90.1 Å². The zero-order valence-corrected chi connectivity index (χ0v) is 24.2. The van der Waals surface area contributed by atoms with Gasteiger partial charge in [-0.05, 0) is 81.2 Å². The molecule has 0 saturated carbocycles. The number of anilines is 3. The lowest BCUT2D eigenvalue weighted by Gasteiger charge is -2.16. The third-order valence-electron chi connectivity index (χ3n) is 6.73. The minimum Gasteiger partial charge on any atom is -0.382 e. The van der Waals surface area contributed by atoms with Crippen molar-refractivity contribution < 1.29 is 9.59 Å². The Hall–Kier alpha value is -5.62. The number of benzene rings is 2. The predicted octanol–water partition coefficient (Wildman–Crippen LogP) is 3.19. The van der Waals surface area contributed by atoms with Gasteiger partial charge in [0.15, 0.2) is 11.5 Å². The topological polar surface area (TPSA) is 144 Å². The minimum absolute atomic E-state index is 0.114. The Balaban J connectivity index is 1.51. The van der Waals surface area contributed by atoms with Crippen molar-refractivity contribution in [1.29, 1.82) is 0 Å². The fourth-order valence-electron chi connectivity index (χ4n) is 4.52. The summed E-state index contributed by atoms with van der Waals surface area (Å²) in [6.07, 6.45) is 6.21. The van der Waals surface area contributed by atoms with Crippen molar-refractivity contribution in [3.8, 4) is 11.4 Å². The summed E-state index contributed by atoms with van der Waals surface area (Å²) in [6, 6.07) is 17.2. The summed E-state index contributed by atoms with van der Waals surface area (Å²) in [5, 5.41) is 2.78. The molecule has 12 heteroatoms. The molecule has 0 saturated heterocycles. The summed E-state index contributed by atoms with van der Waals surface area (Å²) in [7, 11) is 5.50. The van der Waals surface area contributed by atoms with Crippen molar-refractivity contribution in [2.75, 3.05) is 43.6 Å². The maximum Gasteiger partial charge on any atom is 0.339 e. The molecule has 0 aliphatic heterocycles. The van der Waals surface area contributed by atoms with Gasteiger partial charge in [-0.25, -0.2) is 24.3 Å². The Labute approximate surface area is 247 Å². The van der Waals surface area contributed by atoms with Crippen molar-refractivity contribution >= 4 is 40.3 Å². The maximum atomic E-state index is 14.0. The predicted molar refractivity (Wildman–Crippen MR) is 167 cm³/mol. The van der Waals surface area contributed by atoms with E-state index < -0.39 is 5.69 Å². The van der Waals surface area contributed by atoms with Crippen LogP contribution in [0.25, 0.3) is 22.5 Å². The van der Waals surface area contributed by atoms with Crippen LogP contribution in [-0.4, -0.2) is 68.5 Å². The van der Waals surface area contributed by atoms with E-state index in [-0.39, 0.29) is 17.6 Å². The van der Waals surface area contributed by atoms with E-state index in [1.807, 2.05) is 32.0 Å². The molecule has 12 nitrogen and oxygen atoms in total. The second kappa shape index (κ2) is 12.1. The highest BCUT2D eigenvalue weighted by Crippen LogP contribution is 2.25. The number of nitrogens with two attached hydrogens (primary N) is 1. The van der Waals surface area contributed by atoms with Gasteiger partial charge in [-0.1, -0.05) is 12.1 Å². The lowest BCUT2D eigenvalue weighted by Crippen LogP contribution is -2.25. The molecule has 43 heavy (non-hydrogen) atoms. The number of amides is 2. The van der Waals surface area contributed by atoms with Gasteiger partial charge < -0.3 is 20.9 Å². The first kappa shape index (κ1) is 28.9. The van der Waals surface area contributed by atoms with E-state index in [2.05, 4.69) is 20.3 Å². The van der Waals surface area contributed by atoms with Crippen molar-refractivity contribution in [2.45, 2.75) is 6.92 Å². The van der Waals surface area contributed by atoms with Crippen molar-refractivity contribution in [3.63, 3.8) is 0 Å². The largest absolute Gasteiger partial charge is 0.382 e. The van der Waals surface area contributed by atoms with Gasteiger partial charge in [0, 0.05) is 37.1 Å². The van der Waals surface area contributed by atoms with Crippen LogP contribution in [0.2, 0.25) is 0 Å². The van der Waals surface area contributed by atoms with Gasteiger partial charge in [-0.2, -0.15) is 0 Å². The van der Waals surface area contributed by atoms with E-state index in [1.165, 1.54) is 26.4 Å². The number of likely N-dealkylation sites (N-methyl/N-ethyl adjacent to an activating group) is 2. The Morgan fingerprint density at radius 3 is 2.44 bits per heavy atom. The number of hydrogen-bond donors (Lipinski definition) is 2. The second-order valence-electron chi connectivity index (χ2n) is 10.2. The number of aromatic nitrogens is 5. The average Bonchev–Trinajstić information content (AvgIpc) is 3.29. The summed E-state index contributed by atoms with van der Waals surface area (Å²) in [4.78, 5) is 55.7. The monoisotopic (exact) mass is 577 g/mol. The minimum atomic E-state index is -0.444. The fraction of sp³-hybridized carbons (Fsp3) is 0.161. The van der Waals surface area contributed by atoms with E-state index in [9.17, 15) is 14.4 Å². The number of hydrogen-bond acceptors (Lipinski definition) is 8. The molecule has 0 spiro atoms. The summed E-state index contributed by atoms with van der Waals surface area (Å²) < 4.78 is 2.82. The van der Waals surface area contributed by atoms with Gasteiger partial charge in [-0.3, -0.25) is 14.2 Å². The standard InChI is InChI=1S/C31H31N9O3/c1-20-14-15-33-25(17-20)36-30(42)21-10-12-22(13-11-21)39-27-28(32)34-19-35-29(27)40(31(39)43)24-8-5-7-23(18-24)38(4)26(41)9-6-16-37(2)3/h5-15,17-19H,16H2,1-4H3,(H2,32,34,35)(H,33,36,42). The third-order valence-corrected chi connectivity index (χ3v) is 6.73. The van der Waals surface area contributed by atoms with Gasteiger partial charge in [-0.15, -0.1) is 0 Å². The summed E-state index contributed by atoms with van der Waals surface area (Å²) in [5.41, 5.74) is 9.32. The quantitative estimate of drug-likeness (QED) is 0.268. The number of nitrogen functional groups attached to an aromatic ring is 1. The fourth-order valence-corrected chi connectivity index (χ4v) is 4.52. The normalized spacial score (nSPS) is 11.4. The molecule has 218 valence electrons. The van der Waals surface area contributed by atoms with Gasteiger partial charge >= 0.3 is 5.69 Å². The summed E-state index contributed by atoms with van der Waals surface area (Å²) >= 11 is 0. The molecule has 0 aliphatic carbocycles. The first-order chi connectivity index (χ1) is 20.6. The van der Waals surface area contributed by atoms with E-state index in [4.69, 9.17) is 5.73 Å². The van der Waals surface area contributed by atoms with Gasteiger partial charge in [0.05, 0.1) is 11.4 Å². The van der Waals surface area contributed by atoms with E-state index in [0.29, 0.717) is 46.2 Å². The molecular weight excluding hydrogens is 546 g/mol. The van der Waals surface area contributed by atoms with Crippen LogP contribution >= 0.6 is 0 Å². The number of nitrogens with zero attached hydrogens (tertiary/aromatic N) is 7. The van der Waals surface area contributed by atoms with Gasteiger partial charge in [0.2, 0.25) is 5.91 Å². The van der Waals surface area contributed by atoms with Crippen molar-refractivity contribution in [3.05, 3.63) is 107 Å².